The van der Waals surface area contributed by atoms with Crippen LogP contribution in [0.25, 0.3) is 0 Å². The molecule has 1 saturated heterocycles. The third kappa shape index (κ3) is 5.99. The van der Waals surface area contributed by atoms with Gasteiger partial charge in [-0.1, -0.05) is 23.7 Å². The largest absolute Gasteiger partial charge is 0.357 e. The first-order valence-corrected chi connectivity index (χ1v) is 9.96. The van der Waals surface area contributed by atoms with Crippen molar-refractivity contribution in [2.24, 2.45) is 10.9 Å². The number of benzene rings is 1. The first-order valence-electron chi connectivity index (χ1n) is 9.58. The SMILES string of the molecule is CCNC(=NCC1(c2cccc(Cl)c2)CC1)NCC1CCN(C)CC1.I. The van der Waals surface area contributed by atoms with Gasteiger partial charge in [-0.05, 0) is 76.4 Å². The standard InChI is InChI=1S/C20H31ClN4.HI/c1-3-22-19(23-14-16-7-11-25(2)12-8-16)24-15-20(9-10-20)17-5-4-6-18(21)13-17;/h4-6,13,16H,3,7-12,14-15H2,1-2H3,(H2,22,23,24);1H. The first-order chi connectivity index (χ1) is 12.1. The Labute approximate surface area is 180 Å². The maximum absolute atomic E-state index is 6.17. The Hall–Kier alpha value is -0.530. The van der Waals surface area contributed by atoms with Crippen molar-refractivity contribution in [3.8, 4) is 0 Å². The minimum Gasteiger partial charge on any atom is -0.357 e. The van der Waals surface area contributed by atoms with E-state index in [4.69, 9.17) is 16.6 Å². The molecule has 0 aromatic heterocycles. The summed E-state index contributed by atoms with van der Waals surface area (Å²) in [5.41, 5.74) is 1.52. The highest BCUT2D eigenvalue weighted by molar-refractivity contribution is 14.0. The molecule has 1 aromatic rings. The van der Waals surface area contributed by atoms with Crippen LogP contribution in [0.1, 0.15) is 38.2 Å². The Morgan fingerprint density at radius 1 is 1.27 bits per heavy atom. The molecule has 4 nitrogen and oxygen atoms in total. The second-order valence-electron chi connectivity index (χ2n) is 7.61. The lowest BCUT2D eigenvalue weighted by Crippen LogP contribution is -2.42. The van der Waals surface area contributed by atoms with Gasteiger partial charge in [0.1, 0.15) is 0 Å². The molecule has 0 unspecified atom stereocenters. The van der Waals surface area contributed by atoms with Gasteiger partial charge < -0.3 is 15.5 Å². The van der Waals surface area contributed by atoms with Crippen LogP contribution in [0.5, 0.6) is 0 Å². The van der Waals surface area contributed by atoms with Crippen LogP contribution in [0, 0.1) is 5.92 Å². The molecule has 1 heterocycles. The zero-order valence-corrected chi connectivity index (χ0v) is 19.0. The molecule has 1 aliphatic heterocycles. The zero-order valence-electron chi connectivity index (χ0n) is 15.9. The molecule has 1 saturated carbocycles. The van der Waals surface area contributed by atoms with E-state index in [1.165, 1.54) is 44.3 Å². The van der Waals surface area contributed by atoms with E-state index in [0.717, 1.165) is 36.5 Å². The van der Waals surface area contributed by atoms with Crippen LogP contribution in [0.3, 0.4) is 0 Å². The maximum Gasteiger partial charge on any atom is 0.191 e. The van der Waals surface area contributed by atoms with Crippen molar-refractivity contribution in [3.63, 3.8) is 0 Å². The highest BCUT2D eigenvalue weighted by atomic mass is 127. The van der Waals surface area contributed by atoms with Gasteiger partial charge in [-0.2, -0.15) is 0 Å². The Balaban J connectivity index is 0.00000243. The summed E-state index contributed by atoms with van der Waals surface area (Å²) in [6.07, 6.45) is 4.95. The molecular weight excluding hydrogens is 459 g/mol. The van der Waals surface area contributed by atoms with Crippen LogP contribution in [-0.4, -0.2) is 50.6 Å². The number of nitrogens with zero attached hydrogens (tertiary/aromatic N) is 2. The molecule has 3 rings (SSSR count). The third-order valence-electron chi connectivity index (χ3n) is 5.57. The van der Waals surface area contributed by atoms with Gasteiger partial charge >= 0.3 is 0 Å². The smallest absolute Gasteiger partial charge is 0.191 e. The summed E-state index contributed by atoms with van der Waals surface area (Å²) < 4.78 is 0. The van der Waals surface area contributed by atoms with E-state index in [1.807, 2.05) is 12.1 Å². The van der Waals surface area contributed by atoms with Gasteiger partial charge in [-0.25, -0.2) is 0 Å². The molecular formula is C20H32ClIN4. The van der Waals surface area contributed by atoms with Gasteiger partial charge in [0.15, 0.2) is 5.96 Å². The number of hydrogen-bond donors (Lipinski definition) is 2. The van der Waals surface area contributed by atoms with Crippen LogP contribution in [0.15, 0.2) is 29.3 Å². The predicted octanol–water partition coefficient (Wildman–Crippen LogP) is 3.89. The summed E-state index contributed by atoms with van der Waals surface area (Å²) >= 11 is 6.17. The number of piperidine rings is 1. The predicted molar refractivity (Wildman–Crippen MR) is 122 cm³/mol. The molecule has 2 fully saturated rings. The van der Waals surface area contributed by atoms with Gasteiger partial charge in [-0.3, -0.25) is 4.99 Å². The lowest BCUT2D eigenvalue weighted by molar-refractivity contribution is 0.220. The van der Waals surface area contributed by atoms with Crippen LogP contribution < -0.4 is 10.6 Å². The van der Waals surface area contributed by atoms with Crippen molar-refractivity contribution < 1.29 is 0 Å². The fourth-order valence-corrected chi connectivity index (χ4v) is 3.78. The van der Waals surface area contributed by atoms with Gasteiger partial charge in [0.2, 0.25) is 0 Å². The fraction of sp³-hybridized carbons (Fsp3) is 0.650. The molecule has 2 aliphatic rings. The van der Waals surface area contributed by atoms with Crippen molar-refractivity contribution in [1.29, 1.82) is 0 Å². The molecule has 0 bridgehead atoms. The quantitative estimate of drug-likeness (QED) is 0.361. The second-order valence-corrected chi connectivity index (χ2v) is 8.05. The van der Waals surface area contributed by atoms with Crippen molar-refractivity contribution in [1.82, 2.24) is 15.5 Å². The highest BCUT2D eigenvalue weighted by Gasteiger charge is 2.44. The molecule has 2 N–H and O–H groups in total. The summed E-state index contributed by atoms with van der Waals surface area (Å²) in [4.78, 5) is 7.31. The summed E-state index contributed by atoms with van der Waals surface area (Å²) in [7, 11) is 2.21. The minimum absolute atomic E-state index is 0. The number of halogens is 2. The number of rotatable bonds is 6. The van der Waals surface area contributed by atoms with E-state index in [2.05, 4.69) is 41.6 Å². The molecule has 0 spiro atoms. The Morgan fingerprint density at radius 3 is 2.62 bits per heavy atom. The third-order valence-corrected chi connectivity index (χ3v) is 5.81. The van der Waals surface area contributed by atoms with E-state index in [0.29, 0.717) is 0 Å². The van der Waals surface area contributed by atoms with Crippen molar-refractivity contribution in [2.45, 2.75) is 38.0 Å². The van der Waals surface area contributed by atoms with Crippen LogP contribution >= 0.6 is 35.6 Å². The van der Waals surface area contributed by atoms with Gasteiger partial charge in [-0.15, -0.1) is 24.0 Å². The zero-order chi connectivity index (χ0) is 17.7. The molecule has 0 atom stereocenters. The molecule has 26 heavy (non-hydrogen) atoms. The summed E-state index contributed by atoms with van der Waals surface area (Å²) in [6.45, 7) is 7.27. The molecule has 146 valence electrons. The monoisotopic (exact) mass is 490 g/mol. The maximum atomic E-state index is 6.17. The highest BCUT2D eigenvalue weighted by Crippen LogP contribution is 2.48. The number of guanidine groups is 1. The van der Waals surface area contributed by atoms with Crippen LogP contribution in [0.4, 0.5) is 0 Å². The van der Waals surface area contributed by atoms with E-state index >= 15 is 0 Å². The van der Waals surface area contributed by atoms with Crippen molar-refractivity contribution in [3.05, 3.63) is 34.9 Å². The van der Waals surface area contributed by atoms with Gasteiger partial charge in [0.25, 0.3) is 0 Å². The second kappa shape index (κ2) is 10.1. The van der Waals surface area contributed by atoms with E-state index in [1.54, 1.807) is 0 Å². The van der Waals surface area contributed by atoms with E-state index in [9.17, 15) is 0 Å². The fourth-order valence-electron chi connectivity index (χ4n) is 3.59. The molecule has 0 amide bonds. The molecule has 1 aliphatic carbocycles. The number of likely N-dealkylation sites (tertiary alicyclic amines) is 1. The summed E-state index contributed by atoms with van der Waals surface area (Å²) in [6, 6.07) is 8.28. The Morgan fingerprint density at radius 2 is 2.00 bits per heavy atom. The van der Waals surface area contributed by atoms with Crippen LogP contribution in [0.2, 0.25) is 5.02 Å². The molecule has 0 radical (unpaired) electrons. The van der Waals surface area contributed by atoms with Gasteiger partial charge in [0, 0.05) is 23.5 Å². The number of hydrogen-bond acceptors (Lipinski definition) is 2. The average molecular weight is 491 g/mol. The lowest BCUT2D eigenvalue weighted by Gasteiger charge is -2.29. The van der Waals surface area contributed by atoms with Crippen LogP contribution in [-0.2, 0) is 5.41 Å². The normalized spacial score (nSPS) is 20.3. The van der Waals surface area contributed by atoms with Gasteiger partial charge in [0.05, 0.1) is 6.54 Å². The van der Waals surface area contributed by atoms with Crippen molar-refractivity contribution >= 4 is 41.5 Å². The van der Waals surface area contributed by atoms with E-state index < -0.39 is 0 Å². The average Bonchev–Trinajstić information content (AvgIpc) is 3.40. The summed E-state index contributed by atoms with van der Waals surface area (Å²) in [5.74, 6) is 1.71. The Bertz CT molecular complexity index is 595. The molecule has 1 aromatic carbocycles. The molecule has 6 heteroatoms. The lowest BCUT2D eigenvalue weighted by atomic mass is 9.96. The minimum atomic E-state index is 0. The van der Waals surface area contributed by atoms with Crippen molar-refractivity contribution in [2.75, 3.05) is 39.8 Å². The van der Waals surface area contributed by atoms with E-state index in [-0.39, 0.29) is 29.4 Å². The topological polar surface area (TPSA) is 39.7 Å². The first kappa shape index (κ1) is 21.8. The number of aliphatic imine (C=N–C) groups is 1. The summed E-state index contributed by atoms with van der Waals surface area (Å²) in [5, 5.41) is 7.78. The number of nitrogens with one attached hydrogen (secondary N) is 2. The Kier molecular flexibility index (Phi) is 8.48.